The second-order valence-corrected chi connectivity index (χ2v) is 9.47. The lowest BCUT2D eigenvalue weighted by Gasteiger charge is -2.27. The summed E-state index contributed by atoms with van der Waals surface area (Å²) in [5.41, 5.74) is 0.810. The van der Waals surface area contributed by atoms with Gasteiger partial charge in [-0.15, -0.1) is 0 Å². The Morgan fingerprint density at radius 1 is 1.06 bits per heavy atom. The number of nitrogens with zero attached hydrogens (tertiary/aromatic N) is 3. The summed E-state index contributed by atoms with van der Waals surface area (Å²) in [6.45, 7) is 7.25. The Bertz CT molecular complexity index is 888. The van der Waals surface area contributed by atoms with Crippen molar-refractivity contribution < 1.29 is 27.5 Å². The Morgan fingerprint density at radius 3 is 2.32 bits per heavy atom. The fourth-order valence-corrected chi connectivity index (χ4v) is 5.38. The van der Waals surface area contributed by atoms with E-state index >= 15 is 0 Å². The molecule has 0 saturated carbocycles. The summed E-state index contributed by atoms with van der Waals surface area (Å²) in [7, 11) is -3.73. The van der Waals surface area contributed by atoms with Gasteiger partial charge < -0.3 is 19.3 Å². The monoisotopic (exact) mass is 453 g/mol. The van der Waals surface area contributed by atoms with Crippen molar-refractivity contribution in [3.8, 4) is 0 Å². The average molecular weight is 454 g/mol. The number of carbonyl (C=O) groups excluding carboxylic acids is 2. The minimum Gasteiger partial charge on any atom is -0.452 e. The first-order valence-corrected chi connectivity index (χ1v) is 12.2. The second-order valence-electron chi connectivity index (χ2n) is 7.53. The van der Waals surface area contributed by atoms with Crippen LogP contribution in [0, 0.1) is 0 Å². The molecule has 0 aromatic heterocycles. The fraction of sp³-hybridized carbons (Fsp3) is 0.619. The lowest BCUT2D eigenvalue weighted by atomic mass is 10.1. The van der Waals surface area contributed by atoms with Gasteiger partial charge in [-0.05, 0) is 31.0 Å². The molecule has 0 atom stereocenters. The maximum Gasteiger partial charge on any atom is 0.340 e. The summed E-state index contributed by atoms with van der Waals surface area (Å²) in [5, 5.41) is 0. The minimum absolute atomic E-state index is 0.0469. The van der Waals surface area contributed by atoms with Crippen molar-refractivity contribution >= 4 is 27.6 Å². The van der Waals surface area contributed by atoms with Crippen LogP contribution in [-0.4, -0.2) is 88.6 Å². The summed E-state index contributed by atoms with van der Waals surface area (Å²) < 4.78 is 37.8. The summed E-state index contributed by atoms with van der Waals surface area (Å²) in [6, 6.07) is 4.59. The molecule has 1 amide bonds. The van der Waals surface area contributed by atoms with Crippen LogP contribution in [0.1, 0.15) is 37.0 Å². The Hall–Kier alpha value is -2.17. The number of amides is 1. The summed E-state index contributed by atoms with van der Waals surface area (Å²) >= 11 is 0. The molecule has 1 aromatic rings. The Labute approximate surface area is 183 Å². The highest BCUT2D eigenvalue weighted by Crippen LogP contribution is 2.29. The lowest BCUT2D eigenvalue weighted by Crippen LogP contribution is -2.42. The molecule has 0 aliphatic carbocycles. The van der Waals surface area contributed by atoms with Crippen LogP contribution in [-0.2, 0) is 24.3 Å². The van der Waals surface area contributed by atoms with Crippen LogP contribution < -0.4 is 4.90 Å². The molecule has 2 aliphatic heterocycles. The van der Waals surface area contributed by atoms with Crippen molar-refractivity contribution in [2.75, 3.05) is 64.0 Å². The van der Waals surface area contributed by atoms with Crippen LogP contribution in [0.5, 0.6) is 0 Å². The number of sulfonamides is 1. The van der Waals surface area contributed by atoms with Crippen molar-refractivity contribution in [3.63, 3.8) is 0 Å². The standard InChI is InChI=1S/C21H31N3O6S/c1-3-24(4-2)31(27,28)17-7-8-19(22-9-5-6-10-22)18(15-17)21(26)30-16-20(25)23-11-13-29-14-12-23/h7-8,15H,3-6,9-14,16H2,1-2H3. The SMILES string of the molecule is CCN(CC)S(=O)(=O)c1ccc(N2CCCC2)c(C(=O)OCC(=O)N2CCOCC2)c1. The van der Waals surface area contributed by atoms with Gasteiger partial charge in [-0.3, -0.25) is 4.79 Å². The number of carbonyl (C=O) groups is 2. The van der Waals surface area contributed by atoms with E-state index in [1.165, 1.54) is 16.4 Å². The number of hydrogen-bond acceptors (Lipinski definition) is 7. The van der Waals surface area contributed by atoms with Gasteiger partial charge in [0.2, 0.25) is 10.0 Å². The van der Waals surface area contributed by atoms with E-state index in [-0.39, 0.29) is 23.0 Å². The van der Waals surface area contributed by atoms with Gasteiger partial charge in [0.05, 0.1) is 29.4 Å². The van der Waals surface area contributed by atoms with E-state index in [0.29, 0.717) is 45.1 Å². The molecule has 0 bridgehead atoms. The van der Waals surface area contributed by atoms with Crippen LogP contribution in [0.25, 0.3) is 0 Å². The first kappa shape index (κ1) is 23.5. The number of ether oxygens (including phenoxy) is 2. The summed E-state index contributed by atoms with van der Waals surface area (Å²) in [4.78, 5) is 29.0. The van der Waals surface area contributed by atoms with Crippen molar-refractivity contribution in [1.29, 1.82) is 0 Å². The molecule has 3 rings (SSSR count). The highest BCUT2D eigenvalue weighted by Gasteiger charge is 2.27. The van der Waals surface area contributed by atoms with E-state index in [1.807, 2.05) is 4.90 Å². The molecule has 9 nitrogen and oxygen atoms in total. The normalized spacial score (nSPS) is 17.3. The smallest absolute Gasteiger partial charge is 0.340 e. The average Bonchev–Trinajstić information content (AvgIpc) is 3.33. The zero-order valence-corrected chi connectivity index (χ0v) is 19.0. The van der Waals surface area contributed by atoms with Crippen molar-refractivity contribution in [1.82, 2.24) is 9.21 Å². The number of rotatable bonds is 8. The third-order valence-electron chi connectivity index (χ3n) is 5.67. The molecule has 10 heteroatoms. The van der Waals surface area contributed by atoms with Crippen molar-refractivity contribution in [2.45, 2.75) is 31.6 Å². The third-order valence-corrected chi connectivity index (χ3v) is 7.71. The third kappa shape index (κ3) is 5.36. The lowest BCUT2D eigenvalue weighted by molar-refractivity contribution is -0.138. The topological polar surface area (TPSA) is 96.5 Å². The minimum atomic E-state index is -3.73. The maximum absolute atomic E-state index is 13.0. The summed E-state index contributed by atoms with van der Waals surface area (Å²) in [5.74, 6) is -0.980. The number of esters is 1. The number of hydrogen-bond donors (Lipinski definition) is 0. The van der Waals surface area contributed by atoms with Crippen LogP contribution in [0.3, 0.4) is 0 Å². The van der Waals surface area contributed by atoms with Gasteiger partial charge in [-0.1, -0.05) is 13.8 Å². The molecule has 2 fully saturated rings. The zero-order chi connectivity index (χ0) is 22.4. The second kappa shape index (κ2) is 10.4. The molecule has 31 heavy (non-hydrogen) atoms. The molecular formula is C21H31N3O6S. The van der Waals surface area contributed by atoms with Crippen molar-refractivity contribution in [3.05, 3.63) is 23.8 Å². The van der Waals surface area contributed by atoms with Gasteiger partial charge in [0, 0.05) is 39.3 Å². The highest BCUT2D eigenvalue weighted by atomic mass is 32.2. The number of anilines is 1. The zero-order valence-electron chi connectivity index (χ0n) is 18.2. The van der Waals surface area contributed by atoms with E-state index < -0.39 is 16.0 Å². The predicted octanol–water partition coefficient (Wildman–Crippen LogP) is 1.33. The number of morpholine rings is 1. The Kier molecular flexibility index (Phi) is 7.90. The quantitative estimate of drug-likeness (QED) is 0.548. The number of benzene rings is 1. The summed E-state index contributed by atoms with van der Waals surface area (Å²) in [6.07, 6.45) is 2.01. The van der Waals surface area contributed by atoms with E-state index in [2.05, 4.69) is 0 Å². The molecule has 0 unspecified atom stereocenters. The van der Waals surface area contributed by atoms with Gasteiger partial charge >= 0.3 is 5.97 Å². The van der Waals surface area contributed by atoms with E-state index in [4.69, 9.17) is 9.47 Å². The van der Waals surface area contributed by atoms with Crippen LogP contribution in [0.4, 0.5) is 5.69 Å². The molecule has 2 saturated heterocycles. The Balaban J connectivity index is 1.84. The molecule has 1 aromatic carbocycles. The largest absolute Gasteiger partial charge is 0.452 e. The van der Waals surface area contributed by atoms with Gasteiger partial charge in [0.15, 0.2) is 6.61 Å². The predicted molar refractivity (Wildman–Crippen MR) is 116 cm³/mol. The Morgan fingerprint density at radius 2 is 1.71 bits per heavy atom. The molecule has 0 radical (unpaired) electrons. The first-order valence-electron chi connectivity index (χ1n) is 10.8. The van der Waals surface area contributed by atoms with Gasteiger partial charge in [-0.25, -0.2) is 13.2 Å². The van der Waals surface area contributed by atoms with Gasteiger partial charge in [0.25, 0.3) is 5.91 Å². The molecule has 0 N–H and O–H groups in total. The van der Waals surface area contributed by atoms with E-state index in [0.717, 1.165) is 25.9 Å². The van der Waals surface area contributed by atoms with Crippen LogP contribution in [0.15, 0.2) is 23.1 Å². The molecule has 0 spiro atoms. The van der Waals surface area contributed by atoms with Crippen LogP contribution >= 0.6 is 0 Å². The van der Waals surface area contributed by atoms with E-state index in [1.54, 1.807) is 24.8 Å². The molecule has 2 heterocycles. The van der Waals surface area contributed by atoms with E-state index in [9.17, 15) is 18.0 Å². The van der Waals surface area contributed by atoms with Crippen LogP contribution in [0.2, 0.25) is 0 Å². The molecule has 2 aliphatic rings. The maximum atomic E-state index is 13.0. The highest BCUT2D eigenvalue weighted by molar-refractivity contribution is 7.89. The fourth-order valence-electron chi connectivity index (χ4n) is 3.89. The molecular weight excluding hydrogens is 422 g/mol. The molecule has 172 valence electrons. The van der Waals surface area contributed by atoms with Gasteiger partial charge in [-0.2, -0.15) is 4.31 Å². The van der Waals surface area contributed by atoms with Crippen molar-refractivity contribution in [2.24, 2.45) is 0 Å². The first-order chi connectivity index (χ1) is 14.9. The van der Waals surface area contributed by atoms with Gasteiger partial charge in [0.1, 0.15) is 0 Å².